The van der Waals surface area contributed by atoms with Crippen LogP contribution in [0.15, 0.2) is 22.7 Å². The average Bonchev–Trinajstić information content (AvgIpc) is 2.31. The Labute approximate surface area is 119 Å². The Morgan fingerprint density at radius 2 is 2.11 bits per heavy atom. The molecule has 0 saturated heterocycles. The number of halogens is 1. The molecule has 0 aliphatic heterocycles. The summed E-state index contributed by atoms with van der Waals surface area (Å²) in [6.07, 6.45) is -0.361. The number of Topliss-reactive ketones (excluding diaryl/α,β-unsaturated/α-hetero) is 1. The fourth-order valence-electron chi connectivity index (χ4n) is 1.06. The second-order valence-electron chi connectivity index (χ2n) is 3.46. The lowest BCUT2D eigenvalue weighted by Crippen LogP contribution is -2.00. The van der Waals surface area contributed by atoms with E-state index in [-0.39, 0.29) is 12.2 Å². The Morgan fingerprint density at radius 1 is 1.47 bits per heavy atom. The number of hydrogen-bond donors (Lipinski definition) is 1. The molecule has 0 radical (unpaired) electrons. The molecule has 0 amide bonds. The van der Waals surface area contributed by atoms with Crippen LogP contribution in [0.2, 0.25) is 0 Å². The Hall–Kier alpha value is -1.87. The fraction of sp³-hybridized carbons (Fsp3) is 0.308. The number of hydrogen-bond acceptors (Lipinski definition) is 4. The lowest BCUT2D eigenvalue weighted by molar-refractivity contribution is -0.139. The number of ketones is 1. The van der Waals surface area contributed by atoms with E-state index in [0.29, 0.717) is 12.2 Å². The lowest BCUT2D eigenvalue weighted by atomic mass is 10.2. The van der Waals surface area contributed by atoms with E-state index >= 15 is 0 Å². The first-order valence-electron chi connectivity index (χ1n) is 5.44. The quantitative estimate of drug-likeness (QED) is 0.859. The van der Waals surface area contributed by atoms with Crippen LogP contribution in [-0.4, -0.2) is 23.5 Å². The minimum absolute atomic E-state index is 0.312. The maximum Gasteiger partial charge on any atom is 0.310 e. The molecule has 0 fully saturated rings. The highest BCUT2D eigenvalue weighted by atomic mass is 79.9. The van der Waals surface area contributed by atoms with Gasteiger partial charge >= 0.3 is 5.97 Å². The van der Waals surface area contributed by atoms with Gasteiger partial charge in [-0.2, -0.15) is 5.26 Å². The van der Waals surface area contributed by atoms with Crippen molar-refractivity contribution in [2.75, 3.05) is 6.61 Å². The van der Waals surface area contributed by atoms with Gasteiger partial charge < -0.3 is 9.84 Å². The molecule has 0 bridgehead atoms. The van der Waals surface area contributed by atoms with Crippen molar-refractivity contribution in [3.05, 3.63) is 28.2 Å². The highest BCUT2D eigenvalue weighted by Gasteiger charge is 2.00. The second kappa shape index (κ2) is 9.11. The van der Waals surface area contributed by atoms with Crippen LogP contribution in [0, 0.1) is 11.3 Å². The minimum Gasteiger partial charge on any atom is -0.493 e. The number of nitrogens with zero attached hydrogens (tertiary/aromatic N) is 1. The molecule has 0 spiro atoms. The van der Waals surface area contributed by atoms with E-state index in [2.05, 4.69) is 22.0 Å². The van der Waals surface area contributed by atoms with Crippen molar-refractivity contribution in [2.45, 2.75) is 20.3 Å². The Bertz CT molecular complexity index is 482. The van der Waals surface area contributed by atoms with Gasteiger partial charge in [0.1, 0.15) is 18.0 Å². The number of carboxylic acids is 1. The molecule has 0 atom stereocenters. The first-order chi connectivity index (χ1) is 8.90. The normalized spacial score (nSPS) is 8.74. The molecule has 6 heteroatoms. The summed E-state index contributed by atoms with van der Waals surface area (Å²) < 4.78 is 6.10. The van der Waals surface area contributed by atoms with Crippen LogP contribution in [0.5, 0.6) is 5.75 Å². The summed E-state index contributed by atoms with van der Waals surface area (Å²) in [5.41, 5.74) is 0.630. The van der Waals surface area contributed by atoms with Crippen LogP contribution < -0.4 is 4.74 Å². The molecule has 1 aromatic rings. The number of ether oxygens (including phenoxy) is 1. The number of carboxylic acid groups (broad SMARTS) is 1. The van der Waals surface area contributed by atoms with E-state index in [0.717, 1.165) is 10.2 Å². The van der Waals surface area contributed by atoms with E-state index < -0.39 is 5.97 Å². The zero-order valence-electron chi connectivity index (χ0n) is 10.6. The smallest absolute Gasteiger partial charge is 0.310 e. The highest BCUT2D eigenvalue weighted by molar-refractivity contribution is 9.10. The molecule has 0 aliphatic carbocycles. The topological polar surface area (TPSA) is 87.4 Å². The Balaban J connectivity index is 0.000000399. The van der Waals surface area contributed by atoms with Gasteiger partial charge in [-0.1, -0.05) is 0 Å². The molecule has 0 unspecified atom stereocenters. The van der Waals surface area contributed by atoms with E-state index in [1.807, 2.05) is 6.92 Å². The van der Waals surface area contributed by atoms with Crippen LogP contribution in [0.3, 0.4) is 0 Å². The molecule has 0 aliphatic rings. The zero-order chi connectivity index (χ0) is 14.8. The van der Waals surface area contributed by atoms with Gasteiger partial charge in [-0.05, 0) is 48.0 Å². The van der Waals surface area contributed by atoms with Crippen LogP contribution in [0.1, 0.15) is 25.8 Å². The molecule has 0 aromatic heterocycles. The van der Waals surface area contributed by atoms with Gasteiger partial charge in [-0.15, -0.1) is 0 Å². The second-order valence-corrected chi connectivity index (χ2v) is 4.32. The number of nitriles is 1. The van der Waals surface area contributed by atoms with Gasteiger partial charge in [0.15, 0.2) is 0 Å². The third kappa shape index (κ3) is 7.95. The summed E-state index contributed by atoms with van der Waals surface area (Å²) in [7, 11) is 0. The SMILES string of the molecule is CC(=O)CC(=O)O.CCOc1ccc(C#N)cc1Br. The summed E-state index contributed by atoms with van der Waals surface area (Å²) in [6, 6.07) is 7.31. The molecule has 102 valence electrons. The minimum atomic E-state index is -1.06. The van der Waals surface area contributed by atoms with Gasteiger partial charge in [-0.25, -0.2) is 0 Å². The first-order valence-corrected chi connectivity index (χ1v) is 6.23. The van der Waals surface area contributed by atoms with Crippen LogP contribution >= 0.6 is 15.9 Å². The monoisotopic (exact) mass is 327 g/mol. The average molecular weight is 328 g/mol. The largest absolute Gasteiger partial charge is 0.493 e. The van der Waals surface area contributed by atoms with Crippen LogP contribution in [0.4, 0.5) is 0 Å². The summed E-state index contributed by atoms with van der Waals surface area (Å²) in [6.45, 7) is 3.79. The van der Waals surface area contributed by atoms with Crippen molar-refractivity contribution in [3.63, 3.8) is 0 Å². The fourth-order valence-corrected chi connectivity index (χ4v) is 1.55. The molecule has 5 nitrogen and oxygen atoms in total. The Morgan fingerprint density at radius 3 is 2.42 bits per heavy atom. The number of carbonyl (C=O) groups is 2. The predicted molar refractivity (Wildman–Crippen MR) is 73.0 cm³/mol. The number of benzene rings is 1. The molecule has 0 heterocycles. The molecule has 19 heavy (non-hydrogen) atoms. The van der Waals surface area contributed by atoms with E-state index in [9.17, 15) is 9.59 Å². The lowest BCUT2D eigenvalue weighted by Gasteiger charge is -2.04. The van der Waals surface area contributed by atoms with Crippen molar-refractivity contribution in [1.82, 2.24) is 0 Å². The molecule has 1 aromatic carbocycles. The van der Waals surface area contributed by atoms with E-state index in [4.69, 9.17) is 15.1 Å². The third-order valence-electron chi connectivity index (χ3n) is 1.76. The van der Waals surface area contributed by atoms with Crippen molar-refractivity contribution >= 4 is 27.7 Å². The third-order valence-corrected chi connectivity index (χ3v) is 2.38. The van der Waals surface area contributed by atoms with Crippen LogP contribution in [0.25, 0.3) is 0 Å². The Kier molecular flexibility index (Phi) is 8.22. The van der Waals surface area contributed by atoms with Gasteiger partial charge in [-0.3, -0.25) is 9.59 Å². The maximum absolute atomic E-state index is 9.87. The highest BCUT2D eigenvalue weighted by Crippen LogP contribution is 2.25. The van der Waals surface area contributed by atoms with Crippen molar-refractivity contribution in [2.24, 2.45) is 0 Å². The molecular weight excluding hydrogens is 314 g/mol. The number of rotatable bonds is 4. The summed E-state index contributed by atoms with van der Waals surface area (Å²) in [5.74, 6) is -0.600. The predicted octanol–water partition coefficient (Wildman–Crippen LogP) is 2.77. The van der Waals surface area contributed by atoms with Crippen molar-refractivity contribution in [1.29, 1.82) is 5.26 Å². The van der Waals surface area contributed by atoms with Gasteiger partial charge in [0.25, 0.3) is 0 Å². The van der Waals surface area contributed by atoms with Crippen molar-refractivity contribution in [3.8, 4) is 11.8 Å². The standard InChI is InChI=1S/C9H8BrNO.C4H6O3/c1-2-12-9-4-3-7(6-11)5-8(9)10;1-3(5)2-4(6)7/h3-5H,2H2,1H3;2H2,1H3,(H,6,7). The van der Waals surface area contributed by atoms with Gasteiger partial charge in [0.05, 0.1) is 22.7 Å². The molecule has 0 saturated carbocycles. The van der Waals surface area contributed by atoms with Gasteiger partial charge in [0.2, 0.25) is 0 Å². The first kappa shape index (κ1) is 17.1. The summed E-state index contributed by atoms with van der Waals surface area (Å²) >= 11 is 3.31. The van der Waals surface area contributed by atoms with Crippen LogP contribution in [-0.2, 0) is 9.59 Å². The van der Waals surface area contributed by atoms with E-state index in [1.165, 1.54) is 6.92 Å². The molecular formula is C13H14BrNO4. The van der Waals surface area contributed by atoms with Crippen molar-refractivity contribution < 1.29 is 19.4 Å². The van der Waals surface area contributed by atoms with Gasteiger partial charge in [0, 0.05) is 0 Å². The zero-order valence-corrected chi connectivity index (χ0v) is 12.2. The maximum atomic E-state index is 9.87. The molecule has 1 N–H and O–H groups in total. The summed E-state index contributed by atoms with van der Waals surface area (Å²) in [5, 5.41) is 16.4. The number of carbonyl (C=O) groups excluding carboxylic acids is 1. The summed E-state index contributed by atoms with van der Waals surface area (Å²) in [4.78, 5) is 19.5. The van der Waals surface area contributed by atoms with E-state index in [1.54, 1.807) is 18.2 Å². The molecule has 1 rings (SSSR count). The number of aliphatic carboxylic acids is 1.